The highest BCUT2D eigenvalue weighted by atomic mass is 16.5. The minimum absolute atomic E-state index is 0.0891. The molecule has 0 heterocycles. The molecule has 2 aliphatic rings. The van der Waals surface area contributed by atoms with Crippen molar-refractivity contribution in [3.63, 3.8) is 0 Å². The second kappa shape index (κ2) is 1.54. The Morgan fingerprint density at radius 2 is 2.40 bits per heavy atom. The molecule has 2 rings (SSSR count). The molecule has 1 saturated carbocycles. The number of hydrogen-bond donors (Lipinski definition) is 0. The Labute approximate surface area is 61.4 Å². The quantitative estimate of drug-likeness (QED) is 0.533. The molecular weight excluding hydrogens is 124 g/mol. The first-order chi connectivity index (χ1) is 4.70. The van der Waals surface area contributed by atoms with Crippen molar-refractivity contribution < 1.29 is 4.74 Å². The molecule has 1 fully saturated rings. The maximum Gasteiger partial charge on any atom is 0.0794 e. The van der Waals surface area contributed by atoms with E-state index in [1.165, 1.54) is 5.57 Å². The van der Waals surface area contributed by atoms with Crippen molar-refractivity contribution in [2.75, 3.05) is 7.11 Å². The first kappa shape index (κ1) is 6.17. The van der Waals surface area contributed by atoms with Crippen LogP contribution in [0, 0.1) is 11.8 Å². The first-order valence-electron chi connectivity index (χ1n) is 3.62. The van der Waals surface area contributed by atoms with E-state index in [1.807, 2.05) is 0 Å². The van der Waals surface area contributed by atoms with Gasteiger partial charge in [-0.3, -0.25) is 0 Å². The summed E-state index contributed by atoms with van der Waals surface area (Å²) in [6.07, 6.45) is 4.31. The van der Waals surface area contributed by atoms with Crippen molar-refractivity contribution >= 4 is 0 Å². The van der Waals surface area contributed by atoms with Crippen molar-refractivity contribution in [3.05, 3.63) is 24.3 Å². The Morgan fingerprint density at radius 1 is 1.70 bits per heavy atom. The van der Waals surface area contributed by atoms with E-state index in [9.17, 15) is 0 Å². The summed E-state index contributed by atoms with van der Waals surface area (Å²) < 4.78 is 5.37. The Kier molecular flexibility index (Phi) is 0.948. The second-order valence-corrected chi connectivity index (χ2v) is 3.33. The van der Waals surface area contributed by atoms with Gasteiger partial charge in [0, 0.05) is 18.9 Å². The lowest BCUT2D eigenvalue weighted by molar-refractivity contribution is 0.0783. The molecule has 0 aromatic heterocycles. The van der Waals surface area contributed by atoms with Gasteiger partial charge in [-0.15, -0.1) is 0 Å². The van der Waals surface area contributed by atoms with E-state index in [4.69, 9.17) is 4.74 Å². The van der Waals surface area contributed by atoms with Crippen LogP contribution >= 0.6 is 0 Å². The molecule has 0 spiro atoms. The molecule has 2 aliphatic carbocycles. The first-order valence-corrected chi connectivity index (χ1v) is 3.62. The maximum absolute atomic E-state index is 5.37. The lowest BCUT2D eigenvalue weighted by Crippen LogP contribution is -2.12. The highest BCUT2D eigenvalue weighted by molar-refractivity contribution is 5.43. The van der Waals surface area contributed by atoms with Crippen LogP contribution in [0.5, 0.6) is 0 Å². The summed E-state index contributed by atoms with van der Waals surface area (Å²) >= 11 is 0. The standard InChI is InChI=1S/C9H12O/c1-6-4-5-7-8(6)9(7,2)10-3/h4-5,7-8H,1H2,2-3H3/t7-,8+,9-/m1/s1. The molecule has 0 aromatic carbocycles. The third kappa shape index (κ3) is 0.477. The molecule has 1 nitrogen and oxygen atoms in total. The summed E-state index contributed by atoms with van der Waals surface area (Å²) in [5.41, 5.74) is 1.32. The molecule has 0 aliphatic heterocycles. The van der Waals surface area contributed by atoms with Crippen LogP contribution < -0.4 is 0 Å². The van der Waals surface area contributed by atoms with Crippen LogP contribution in [-0.4, -0.2) is 12.7 Å². The van der Waals surface area contributed by atoms with Gasteiger partial charge in [0.1, 0.15) is 0 Å². The molecular formula is C9H12O. The number of allylic oxidation sites excluding steroid dienone is 1. The van der Waals surface area contributed by atoms with Crippen LogP contribution in [0.4, 0.5) is 0 Å². The maximum atomic E-state index is 5.37. The van der Waals surface area contributed by atoms with Gasteiger partial charge >= 0.3 is 0 Å². The van der Waals surface area contributed by atoms with Gasteiger partial charge in [-0.2, -0.15) is 0 Å². The topological polar surface area (TPSA) is 9.23 Å². The zero-order valence-electron chi connectivity index (χ0n) is 6.42. The average Bonchev–Trinajstić information content (AvgIpc) is 2.28. The molecule has 1 heteroatoms. The number of fused-ring (bicyclic) bond motifs is 1. The van der Waals surface area contributed by atoms with Crippen LogP contribution in [0.2, 0.25) is 0 Å². The fourth-order valence-electron chi connectivity index (χ4n) is 2.02. The number of methoxy groups -OCH3 is 1. The van der Waals surface area contributed by atoms with Gasteiger partial charge in [-0.05, 0) is 12.5 Å². The monoisotopic (exact) mass is 136 g/mol. The van der Waals surface area contributed by atoms with Gasteiger partial charge in [-0.1, -0.05) is 18.7 Å². The fourth-order valence-corrected chi connectivity index (χ4v) is 2.02. The van der Waals surface area contributed by atoms with Crippen LogP contribution in [0.1, 0.15) is 6.92 Å². The lowest BCUT2D eigenvalue weighted by atomic mass is 10.1. The zero-order chi connectivity index (χ0) is 7.35. The van der Waals surface area contributed by atoms with Gasteiger partial charge in [-0.25, -0.2) is 0 Å². The Morgan fingerprint density at radius 3 is 2.70 bits per heavy atom. The Balaban J connectivity index is 2.25. The highest BCUT2D eigenvalue weighted by Gasteiger charge is 2.63. The number of hydrogen-bond acceptors (Lipinski definition) is 1. The molecule has 0 bridgehead atoms. The summed E-state index contributed by atoms with van der Waals surface area (Å²) in [6.45, 7) is 6.10. The molecule has 3 atom stereocenters. The van der Waals surface area contributed by atoms with Crippen molar-refractivity contribution in [3.8, 4) is 0 Å². The molecule has 0 unspecified atom stereocenters. The zero-order valence-corrected chi connectivity index (χ0v) is 6.42. The third-order valence-corrected chi connectivity index (χ3v) is 2.89. The minimum Gasteiger partial charge on any atom is -0.377 e. The minimum atomic E-state index is 0.0891. The largest absolute Gasteiger partial charge is 0.377 e. The summed E-state index contributed by atoms with van der Waals surface area (Å²) in [5.74, 6) is 1.20. The van der Waals surface area contributed by atoms with Crippen LogP contribution in [0.25, 0.3) is 0 Å². The smallest absolute Gasteiger partial charge is 0.0794 e. The molecule has 0 N–H and O–H groups in total. The summed E-state index contributed by atoms with van der Waals surface area (Å²) in [6, 6.07) is 0. The van der Waals surface area contributed by atoms with E-state index < -0.39 is 0 Å². The molecule has 0 saturated heterocycles. The van der Waals surface area contributed by atoms with E-state index in [0.717, 1.165) is 0 Å². The third-order valence-electron chi connectivity index (χ3n) is 2.89. The van der Waals surface area contributed by atoms with Crippen LogP contribution in [0.3, 0.4) is 0 Å². The molecule has 0 aromatic rings. The van der Waals surface area contributed by atoms with Gasteiger partial charge in [0.25, 0.3) is 0 Å². The molecule has 0 radical (unpaired) electrons. The fraction of sp³-hybridized carbons (Fsp3) is 0.556. The van der Waals surface area contributed by atoms with Gasteiger partial charge in [0.2, 0.25) is 0 Å². The van der Waals surface area contributed by atoms with Gasteiger partial charge < -0.3 is 4.74 Å². The normalized spacial score (nSPS) is 49.6. The van der Waals surface area contributed by atoms with E-state index in [2.05, 4.69) is 25.7 Å². The van der Waals surface area contributed by atoms with Crippen molar-refractivity contribution in [1.29, 1.82) is 0 Å². The van der Waals surface area contributed by atoms with Crippen molar-refractivity contribution in [2.45, 2.75) is 12.5 Å². The van der Waals surface area contributed by atoms with E-state index in [-0.39, 0.29) is 5.60 Å². The van der Waals surface area contributed by atoms with Gasteiger partial charge in [0.05, 0.1) is 5.60 Å². The van der Waals surface area contributed by atoms with Crippen LogP contribution in [-0.2, 0) is 4.74 Å². The van der Waals surface area contributed by atoms with Crippen molar-refractivity contribution in [1.82, 2.24) is 0 Å². The van der Waals surface area contributed by atoms with E-state index in [0.29, 0.717) is 11.8 Å². The lowest BCUT2D eigenvalue weighted by Gasteiger charge is -2.10. The van der Waals surface area contributed by atoms with Crippen molar-refractivity contribution in [2.24, 2.45) is 11.8 Å². The summed E-state index contributed by atoms with van der Waals surface area (Å²) in [7, 11) is 1.78. The average molecular weight is 136 g/mol. The number of ether oxygens (including phenoxy) is 1. The highest BCUT2D eigenvalue weighted by Crippen LogP contribution is 2.60. The molecule has 54 valence electrons. The second-order valence-electron chi connectivity index (χ2n) is 3.33. The predicted octanol–water partition coefficient (Wildman–Crippen LogP) is 1.76. The van der Waals surface area contributed by atoms with E-state index >= 15 is 0 Å². The predicted molar refractivity (Wildman–Crippen MR) is 40.7 cm³/mol. The molecule has 10 heavy (non-hydrogen) atoms. The Hall–Kier alpha value is -0.560. The SMILES string of the molecule is C=C1C=C[C@@H]2[C@H]1[C@]2(C)OC. The summed E-state index contributed by atoms with van der Waals surface area (Å²) in [5, 5.41) is 0. The molecule has 0 amide bonds. The summed E-state index contributed by atoms with van der Waals surface area (Å²) in [4.78, 5) is 0. The van der Waals surface area contributed by atoms with Crippen LogP contribution in [0.15, 0.2) is 24.3 Å². The van der Waals surface area contributed by atoms with E-state index in [1.54, 1.807) is 7.11 Å². The Bertz CT molecular complexity index is 217. The number of rotatable bonds is 1. The van der Waals surface area contributed by atoms with Gasteiger partial charge in [0.15, 0.2) is 0 Å².